The summed E-state index contributed by atoms with van der Waals surface area (Å²) in [6.45, 7) is 6.65. The first-order valence-corrected chi connectivity index (χ1v) is 9.37. The molecule has 0 aromatic heterocycles. The molecule has 1 saturated carbocycles. The molecule has 2 aliphatic rings. The maximum absolute atomic E-state index is 10.9. The van der Waals surface area contributed by atoms with Crippen molar-refractivity contribution in [1.82, 2.24) is 9.80 Å². The zero-order valence-electron chi connectivity index (χ0n) is 14.3. The number of likely N-dealkylation sites (N-methyl/N-ethyl adjacent to an activating group) is 1. The number of carboxylic acid groups (broad SMARTS) is 1. The van der Waals surface area contributed by atoms with E-state index < -0.39 is 5.97 Å². The summed E-state index contributed by atoms with van der Waals surface area (Å²) < 4.78 is 0. The van der Waals surface area contributed by atoms with E-state index >= 15 is 0 Å². The Morgan fingerprint density at radius 2 is 1.82 bits per heavy atom. The highest BCUT2D eigenvalue weighted by molar-refractivity contribution is 5.69. The predicted molar refractivity (Wildman–Crippen MR) is 90.2 cm³/mol. The number of piperidine rings is 1. The van der Waals surface area contributed by atoms with Crippen LogP contribution in [0, 0.1) is 5.92 Å². The van der Waals surface area contributed by atoms with Gasteiger partial charge in [0, 0.05) is 6.04 Å². The van der Waals surface area contributed by atoms with Gasteiger partial charge in [0.05, 0.1) is 6.54 Å². The predicted octanol–water partition coefficient (Wildman–Crippen LogP) is 3.22. The molecule has 2 rings (SSSR count). The van der Waals surface area contributed by atoms with Crippen LogP contribution in [0.1, 0.15) is 64.7 Å². The van der Waals surface area contributed by atoms with E-state index in [0.717, 1.165) is 38.4 Å². The molecule has 1 aliphatic carbocycles. The lowest BCUT2D eigenvalue weighted by Gasteiger charge is -2.37. The second-order valence-corrected chi connectivity index (χ2v) is 7.18. The summed E-state index contributed by atoms with van der Waals surface area (Å²) in [5.41, 5.74) is 0. The summed E-state index contributed by atoms with van der Waals surface area (Å²) in [7, 11) is 0. The van der Waals surface area contributed by atoms with Gasteiger partial charge >= 0.3 is 5.97 Å². The fraction of sp³-hybridized carbons (Fsp3) is 0.944. The number of hydrogen-bond acceptors (Lipinski definition) is 3. The number of nitrogens with zero attached hydrogens (tertiary/aromatic N) is 2. The third-order valence-electron chi connectivity index (χ3n) is 5.63. The lowest BCUT2D eigenvalue weighted by molar-refractivity contribution is -0.139. The maximum atomic E-state index is 10.9. The summed E-state index contributed by atoms with van der Waals surface area (Å²) in [4.78, 5) is 15.6. The lowest BCUT2D eigenvalue weighted by Crippen LogP contribution is -2.46. The van der Waals surface area contributed by atoms with Gasteiger partial charge in [-0.05, 0) is 57.8 Å². The van der Waals surface area contributed by atoms with E-state index in [9.17, 15) is 4.79 Å². The molecule has 4 heteroatoms. The largest absolute Gasteiger partial charge is 0.480 e. The minimum absolute atomic E-state index is 0.197. The van der Waals surface area contributed by atoms with E-state index in [-0.39, 0.29) is 6.54 Å². The van der Waals surface area contributed by atoms with Crippen molar-refractivity contribution in [3.8, 4) is 0 Å². The van der Waals surface area contributed by atoms with Gasteiger partial charge < -0.3 is 10.0 Å². The van der Waals surface area contributed by atoms with Gasteiger partial charge in [0.2, 0.25) is 0 Å². The Labute approximate surface area is 135 Å². The van der Waals surface area contributed by atoms with Crippen molar-refractivity contribution < 1.29 is 9.90 Å². The molecule has 0 bridgehead atoms. The summed E-state index contributed by atoms with van der Waals surface area (Å²) in [5.74, 6) is 0.300. The van der Waals surface area contributed by atoms with Crippen LogP contribution in [0.2, 0.25) is 0 Å². The van der Waals surface area contributed by atoms with Crippen LogP contribution in [-0.4, -0.2) is 59.6 Å². The number of likely N-dealkylation sites (tertiary alicyclic amines) is 1. The molecular formula is C18H34N2O2. The van der Waals surface area contributed by atoms with E-state index in [1.807, 2.05) is 0 Å². The molecule has 0 atom stereocenters. The number of carboxylic acids is 1. The molecule has 1 heterocycles. The van der Waals surface area contributed by atoms with Crippen LogP contribution in [0.3, 0.4) is 0 Å². The number of hydrogen-bond donors (Lipinski definition) is 1. The SMILES string of the molecule is CCN(CC(=O)O)C1CCN(CCCC2CCCCC2)CC1. The number of rotatable bonds is 8. The molecule has 1 saturated heterocycles. The molecule has 0 radical (unpaired) electrons. The Morgan fingerprint density at radius 1 is 1.14 bits per heavy atom. The van der Waals surface area contributed by atoms with Gasteiger partial charge in [0.25, 0.3) is 0 Å². The van der Waals surface area contributed by atoms with Crippen LogP contribution in [0.25, 0.3) is 0 Å². The average molecular weight is 310 g/mol. The van der Waals surface area contributed by atoms with Crippen molar-refractivity contribution in [2.75, 3.05) is 32.7 Å². The van der Waals surface area contributed by atoms with Crippen molar-refractivity contribution in [2.45, 2.75) is 70.8 Å². The molecule has 1 aliphatic heterocycles. The average Bonchev–Trinajstić information content (AvgIpc) is 2.54. The van der Waals surface area contributed by atoms with Crippen LogP contribution in [0.4, 0.5) is 0 Å². The third-order valence-corrected chi connectivity index (χ3v) is 5.63. The highest BCUT2D eigenvalue weighted by Crippen LogP contribution is 2.27. The van der Waals surface area contributed by atoms with E-state index in [1.165, 1.54) is 51.5 Å². The smallest absolute Gasteiger partial charge is 0.317 e. The van der Waals surface area contributed by atoms with E-state index in [1.54, 1.807) is 0 Å². The molecule has 2 fully saturated rings. The zero-order chi connectivity index (χ0) is 15.8. The summed E-state index contributed by atoms with van der Waals surface area (Å²) in [6, 6.07) is 0.468. The van der Waals surface area contributed by atoms with Crippen LogP contribution < -0.4 is 0 Å². The van der Waals surface area contributed by atoms with Crippen LogP contribution >= 0.6 is 0 Å². The highest BCUT2D eigenvalue weighted by Gasteiger charge is 2.24. The summed E-state index contributed by atoms with van der Waals surface area (Å²) in [6.07, 6.45) is 12.3. The molecule has 22 heavy (non-hydrogen) atoms. The zero-order valence-corrected chi connectivity index (χ0v) is 14.3. The molecule has 0 amide bonds. The minimum atomic E-state index is -0.697. The Bertz CT molecular complexity index is 321. The summed E-state index contributed by atoms with van der Waals surface area (Å²) in [5, 5.41) is 8.99. The molecule has 128 valence electrons. The molecular weight excluding hydrogens is 276 g/mol. The lowest BCUT2D eigenvalue weighted by atomic mass is 9.86. The molecule has 0 aromatic rings. The van der Waals surface area contributed by atoms with Crippen molar-refractivity contribution in [2.24, 2.45) is 5.92 Å². The molecule has 4 nitrogen and oxygen atoms in total. The van der Waals surface area contributed by atoms with Crippen molar-refractivity contribution in [3.05, 3.63) is 0 Å². The third kappa shape index (κ3) is 5.88. The molecule has 0 spiro atoms. The Balaban J connectivity index is 1.60. The Hall–Kier alpha value is -0.610. The molecule has 0 aromatic carbocycles. The maximum Gasteiger partial charge on any atom is 0.317 e. The van der Waals surface area contributed by atoms with Gasteiger partial charge in [-0.3, -0.25) is 9.69 Å². The number of aliphatic carboxylic acids is 1. The fourth-order valence-electron chi connectivity index (χ4n) is 4.26. The second-order valence-electron chi connectivity index (χ2n) is 7.18. The van der Waals surface area contributed by atoms with Crippen LogP contribution in [0.15, 0.2) is 0 Å². The van der Waals surface area contributed by atoms with Gasteiger partial charge in [-0.1, -0.05) is 39.0 Å². The van der Waals surface area contributed by atoms with Crippen molar-refractivity contribution >= 4 is 5.97 Å². The van der Waals surface area contributed by atoms with E-state index in [0.29, 0.717) is 6.04 Å². The normalized spacial score (nSPS) is 22.3. The van der Waals surface area contributed by atoms with Gasteiger partial charge in [0.15, 0.2) is 0 Å². The molecule has 0 unspecified atom stereocenters. The summed E-state index contributed by atoms with van der Waals surface area (Å²) >= 11 is 0. The fourth-order valence-corrected chi connectivity index (χ4v) is 4.26. The monoisotopic (exact) mass is 310 g/mol. The second kappa shape index (κ2) is 9.51. The highest BCUT2D eigenvalue weighted by atomic mass is 16.4. The van der Waals surface area contributed by atoms with E-state index in [4.69, 9.17) is 5.11 Å². The van der Waals surface area contributed by atoms with Crippen LogP contribution in [-0.2, 0) is 4.79 Å². The number of carbonyl (C=O) groups is 1. The first-order valence-electron chi connectivity index (χ1n) is 9.37. The van der Waals surface area contributed by atoms with Gasteiger partial charge in [-0.25, -0.2) is 0 Å². The van der Waals surface area contributed by atoms with Crippen molar-refractivity contribution in [1.29, 1.82) is 0 Å². The van der Waals surface area contributed by atoms with E-state index in [2.05, 4.69) is 16.7 Å². The van der Waals surface area contributed by atoms with Crippen molar-refractivity contribution in [3.63, 3.8) is 0 Å². The quantitative estimate of drug-likeness (QED) is 0.747. The Kier molecular flexibility index (Phi) is 7.67. The Morgan fingerprint density at radius 3 is 2.41 bits per heavy atom. The minimum Gasteiger partial charge on any atom is -0.480 e. The topological polar surface area (TPSA) is 43.8 Å². The first kappa shape index (κ1) is 17.7. The standard InChI is InChI=1S/C18H34N2O2/c1-2-20(15-18(21)22)17-10-13-19(14-11-17)12-6-9-16-7-4-3-5-8-16/h16-17H,2-15H2,1H3,(H,21,22). The van der Waals surface area contributed by atoms with Gasteiger partial charge in [0.1, 0.15) is 0 Å². The van der Waals surface area contributed by atoms with Gasteiger partial charge in [-0.2, -0.15) is 0 Å². The van der Waals surface area contributed by atoms with Gasteiger partial charge in [-0.15, -0.1) is 0 Å². The first-order chi connectivity index (χ1) is 10.7. The van der Waals surface area contributed by atoms with Crippen LogP contribution in [0.5, 0.6) is 0 Å². The molecule has 1 N–H and O–H groups in total.